The van der Waals surface area contributed by atoms with Gasteiger partial charge in [-0.15, -0.1) is 0 Å². The van der Waals surface area contributed by atoms with E-state index in [0.29, 0.717) is 13.1 Å². The van der Waals surface area contributed by atoms with Gasteiger partial charge in [-0.1, -0.05) is 11.6 Å². The lowest BCUT2D eigenvalue weighted by molar-refractivity contribution is 0.445. The van der Waals surface area contributed by atoms with Crippen LogP contribution in [0.5, 0.6) is 0 Å². The highest BCUT2D eigenvalue weighted by Crippen LogP contribution is 2.34. The number of nitrogens with zero attached hydrogens (tertiary/aromatic N) is 1. The third-order valence-electron chi connectivity index (χ3n) is 2.86. The van der Waals surface area contributed by atoms with Crippen LogP contribution >= 0.6 is 11.6 Å². The van der Waals surface area contributed by atoms with Crippen molar-refractivity contribution in [2.45, 2.75) is 19.3 Å². The molecule has 17 heavy (non-hydrogen) atoms. The third-order valence-corrected chi connectivity index (χ3v) is 3.19. The predicted octanol–water partition coefficient (Wildman–Crippen LogP) is 3.89. The molecule has 0 aliphatic carbocycles. The molecule has 0 spiro atoms. The number of hydrogen-bond donors (Lipinski definition) is 0. The molecular formula is C11H10ClF4N. The molecule has 1 saturated heterocycles. The Morgan fingerprint density at radius 2 is 1.24 bits per heavy atom. The first-order chi connectivity index (χ1) is 8.04. The summed E-state index contributed by atoms with van der Waals surface area (Å²) < 4.78 is 53.7. The van der Waals surface area contributed by atoms with E-state index >= 15 is 0 Å². The molecule has 2 rings (SSSR count). The summed E-state index contributed by atoms with van der Waals surface area (Å²) in [5.41, 5.74) is -0.649. The van der Waals surface area contributed by atoms with Crippen molar-refractivity contribution in [3.63, 3.8) is 0 Å². The van der Waals surface area contributed by atoms with Crippen molar-refractivity contribution >= 4 is 17.3 Å². The van der Waals surface area contributed by atoms with Gasteiger partial charge in [0.15, 0.2) is 23.3 Å². The van der Waals surface area contributed by atoms with Crippen LogP contribution in [0.25, 0.3) is 0 Å². The normalized spacial score (nSPS) is 16.4. The Kier molecular flexibility index (Phi) is 3.47. The van der Waals surface area contributed by atoms with Crippen LogP contribution in [-0.4, -0.2) is 13.1 Å². The fourth-order valence-corrected chi connectivity index (χ4v) is 2.15. The van der Waals surface area contributed by atoms with Crippen LogP contribution in [0.15, 0.2) is 0 Å². The maximum Gasteiger partial charge on any atom is 0.186 e. The van der Waals surface area contributed by atoms with Gasteiger partial charge in [-0.05, 0) is 19.3 Å². The Hall–Kier alpha value is -0.970. The zero-order valence-electron chi connectivity index (χ0n) is 8.87. The molecule has 0 atom stereocenters. The summed E-state index contributed by atoms with van der Waals surface area (Å²) in [5, 5.41) is -1.14. The Morgan fingerprint density at radius 3 is 1.71 bits per heavy atom. The Balaban J connectivity index is 2.52. The van der Waals surface area contributed by atoms with E-state index in [4.69, 9.17) is 11.6 Å². The maximum absolute atomic E-state index is 13.6. The molecular weight excluding hydrogens is 258 g/mol. The molecule has 1 aliphatic rings. The SMILES string of the molecule is Fc1c(F)c(N2CCCCC2)c(F)c(F)c1Cl. The fraction of sp³-hybridized carbons (Fsp3) is 0.455. The van der Waals surface area contributed by atoms with E-state index in [1.807, 2.05) is 0 Å². The third kappa shape index (κ3) is 2.08. The molecule has 1 heterocycles. The summed E-state index contributed by atoms with van der Waals surface area (Å²) in [6, 6.07) is 0. The van der Waals surface area contributed by atoms with Gasteiger partial charge < -0.3 is 4.90 Å². The van der Waals surface area contributed by atoms with Gasteiger partial charge in [0.2, 0.25) is 0 Å². The van der Waals surface area contributed by atoms with Gasteiger partial charge in [0.25, 0.3) is 0 Å². The lowest BCUT2D eigenvalue weighted by Crippen LogP contribution is -2.31. The van der Waals surface area contributed by atoms with Crippen molar-refractivity contribution in [3.05, 3.63) is 28.3 Å². The number of halogens is 5. The van der Waals surface area contributed by atoms with E-state index in [-0.39, 0.29) is 0 Å². The second kappa shape index (κ2) is 4.72. The zero-order chi connectivity index (χ0) is 12.6. The second-order valence-electron chi connectivity index (χ2n) is 3.97. The number of piperidine rings is 1. The van der Waals surface area contributed by atoms with Crippen molar-refractivity contribution in [3.8, 4) is 0 Å². The van der Waals surface area contributed by atoms with Crippen LogP contribution in [0.2, 0.25) is 5.02 Å². The molecule has 94 valence electrons. The molecule has 0 N–H and O–H groups in total. The standard InChI is InChI=1S/C11H10ClF4N/c12-6-7(13)9(15)11(10(16)8(6)14)17-4-2-1-3-5-17/h1-5H2. The van der Waals surface area contributed by atoms with Crippen LogP contribution in [0.1, 0.15) is 19.3 Å². The Morgan fingerprint density at radius 1 is 0.765 bits per heavy atom. The van der Waals surface area contributed by atoms with Gasteiger partial charge in [-0.3, -0.25) is 0 Å². The Labute approximate surface area is 101 Å². The van der Waals surface area contributed by atoms with Crippen molar-refractivity contribution < 1.29 is 17.6 Å². The van der Waals surface area contributed by atoms with Crippen LogP contribution in [0, 0.1) is 23.3 Å². The van der Waals surface area contributed by atoms with E-state index < -0.39 is 34.0 Å². The first kappa shape index (κ1) is 12.5. The quantitative estimate of drug-likeness (QED) is 0.424. The van der Waals surface area contributed by atoms with Crippen LogP contribution < -0.4 is 4.90 Å². The summed E-state index contributed by atoms with van der Waals surface area (Å²) in [4.78, 5) is 1.32. The highest BCUT2D eigenvalue weighted by molar-refractivity contribution is 6.31. The summed E-state index contributed by atoms with van der Waals surface area (Å²) >= 11 is 5.15. The molecule has 0 radical (unpaired) electrons. The van der Waals surface area contributed by atoms with Gasteiger partial charge in [0.1, 0.15) is 10.7 Å². The van der Waals surface area contributed by atoms with Gasteiger partial charge in [0.05, 0.1) is 0 Å². The topological polar surface area (TPSA) is 3.24 Å². The Bertz CT molecular complexity index is 415. The summed E-state index contributed by atoms with van der Waals surface area (Å²) in [7, 11) is 0. The van der Waals surface area contributed by atoms with E-state index in [2.05, 4.69) is 0 Å². The van der Waals surface area contributed by atoms with Crippen molar-refractivity contribution in [2.24, 2.45) is 0 Å². The minimum Gasteiger partial charge on any atom is -0.367 e. The maximum atomic E-state index is 13.6. The van der Waals surface area contributed by atoms with Crippen LogP contribution in [0.4, 0.5) is 23.2 Å². The number of rotatable bonds is 1. The first-order valence-electron chi connectivity index (χ1n) is 5.30. The zero-order valence-corrected chi connectivity index (χ0v) is 9.63. The highest BCUT2D eigenvalue weighted by atomic mass is 35.5. The molecule has 1 fully saturated rings. The lowest BCUT2D eigenvalue weighted by atomic mass is 10.1. The molecule has 1 aliphatic heterocycles. The average molecular weight is 268 g/mol. The number of anilines is 1. The van der Waals surface area contributed by atoms with Gasteiger partial charge in [0, 0.05) is 13.1 Å². The number of benzene rings is 1. The molecule has 0 saturated carbocycles. The lowest BCUT2D eigenvalue weighted by Gasteiger charge is -2.29. The summed E-state index contributed by atoms with van der Waals surface area (Å²) in [6.07, 6.45) is 2.42. The molecule has 0 unspecified atom stereocenters. The molecule has 0 amide bonds. The molecule has 0 aromatic heterocycles. The molecule has 6 heteroatoms. The monoisotopic (exact) mass is 267 g/mol. The van der Waals surface area contributed by atoms with E-state index in [1.165, 1.54) is 4.90 Å². The van der Waals surface area contributed by atoms with Crippen molar-refractivity contribution in [1.82, 2.24) is 0 Å². The smallest absolute Gasteiger partial charge is 0.186 e. The first-order valence-corrected chi connectivity index (χ1v) is 5.68. The minimum atomic E-state index is -1.54. The van der Waals surface area contributed by atoms with Gasteiger partial charge in [-0.25, -0.2) is 17.6 Å². The van der Waals surface area contributed by atoms with Crippen LogP contribution in [-0.2, 0) is 0 Å². The van der Waals surface area contributed by atoms with E-state index in [1.54, 1.807) is 0 Å². The largest absolute Gasteiger partial charge is 0.367 e. The molecule has 1 nitrogen and oxygen atoms in total. The second-order valence-corrected chi connectivity index (χ2v) is 4.34. The average Bonchev–Trinajstić information content (AvgIpc) is 2.36. The van der Waals surface area contributed by atoms with Gasteiger partial charge in [-0.2, -0.15) is 0 Å². The minimum absolute atomic E-state index is 0.383. The number of hydrogen-bond acceptors (Lipinski definition) is 1. The van der Waals surface area contributed by atoms with Gasteiger partial charge >= 0.3 is 0 Å². The summed E-state index contributed by atoms with van der Waals surface area (Å²) in [6.45, 7) is 0.767. The van der Waals surface area contributed by atoms with Crippen molar-refractivity contribution in [2.75, 3.05) is 18.0 Å². The summed E-state index contributed by atoms with van der Waals surface area (Å²) in [5.74, 6) is -5.91. The van der Waals surface area contributed by atoms with Crippen LogP contribution in [0.3, 0.4) is 0 Å². The highest BCUT2D eigenvalue weighted by Gasteiger charge is 2.28. The molecule has 1 aromatic rings. The van der Waals surface area contributed by atoms with Crippen molar-refractivity contribution in [1.29, 1.82) is 0 Å². The molecule has 0 bridgehead atoms. The fourth-order valence-electron chi connectivity index (χ4n) is 1.99. The predicted molar refractivity (Wildman–Crippen MR) is 57.3 cm³/mol. The van der Waals surface area contributed by atoms with E-state index in [9.17, 15) is 17.6 Å². The van der Waals surface area contributed by atoms with E-state index in [0.717, 1.165) is 19.3 Å². The molecule has 1 aromatic carbocycles.